The number of fused-ring (bicyclic) bond motifs is 1. The molecule has 2 N–H and O–H groups in total. The first kappa shape index (κ1) is 17.9. The Balaban J connectivity index is 1.44. The number of ether oxygens (including phenoxy) is 1. The summed E-state index contributed by atoms with van der Waals surface area (Å²) in [6.45, 7) is 10.4. The van der Waals surface area contributed by atoms with Crippen molar-refractivity contribution in [3.8, 4) is 0 Å². The number of quaternary nitrogens is 1. The average Bonchev–Trinajstić information content (AvgIpc) is 2.51. The second-order valence-corrected chi connectivity index (χ2v) is 8.92. The lowest BCUT2D eigenvalue weighted by molar-refractivity contribution is -0.919. The van der Waals surface area contributed by atoms with Gasteiger partial charge < -0.3 is 14.7 Å². The number of hydrogen-bond donors (Lipinski definition) is 2. The molecule has 24 heavy (non-hydrogen) atoms. The summed E-state index contributed by atoms with van der Waals surface area (Å²) in [6.07, 6.45) is 4.62. The van der Waals surface area contributed by atoms with Crippen LogP contribution in [0.3, 0.4) is 0 Å². The molecule has 1 aliphatic heterocycles. The molecule has 1 saturated carbocycles. The first-order chi connectivity index (χ1) is 11.4. The fourth-order valence-corrected chi connectivity index (χ4v) is 4.84. The molecule has 0 saturated heterocycles. The first-order valence-electron chi connectivity index (χ1n) is 9.61. The maximum Gasteiger partial charge on any atom is 0.126 e. The highest BCUT2D eigenvalue weighted by Crippen LogP contribution is 2.39. The zero-order valence-electron chi connectivity index (χ0n) is 15.6. The van der Waals surface area contributed by atoms with E-state index in [4.69, 9.17) is 4.74 Å². The van der Waals surface area contributed by atoms with Crippen LogP contribution in [0.25, 0.3) is 0 Å². The van der Waals surface area contributed by atoms with Crippen LogP contribution in [0, 0.1) is 11.3 Å². The highest BCUT2D eigenvalue weighted by molar-refractivity contribution is 5.27. The van der Waals surface area contributed by atoms with Gasteiger partial charge in [0.2, 0.25) is 0 Å². The SMILES string of the molecule is C[C@H]1C[C@H](OC[C@H](O)C[NH+]2CCc3ccccc3C2)CC(C)(C)C1. The molecule has 1 aliphatic carbocycles. The van der Waals surface area contributed by atoms with Gasteiger partial charge in [-0.25, -0.2) is 0 Å². The molecule has 3 heteroatoms. The third kappa shape index (κ3) is 4.81. The van der Waals surface area contributed by atoms with Gasteiger partial charge >= 0.3 is 0 Å². The van der Waals surface area contributed by atoms with Crippen molar-refractivity contribution < 1.29 is 14.7 Å². The van der Waals surface area contributed by atoms with Crippen molar-refractivity contribution in [3.05, 3.63) is 35.4 Å². The first-order valence-corrected chi connectivity index (χ1v) is 9.61. The van der Waals surface area contributed by atoms with E-state index in [-0.39, 0.29) is 6.10 Å². The average molecular weight is 333 g/mol. The molecular weight excluding hydrogens is 298 g/mol. The van der Waals surface area contributed by atoms with Crippen LogP contribution < -0.4 is 4.90 Å². The second-order valence-electron chi connectivity index (χ2n) is 8.92. The Hall–Kier alpha value is -0.900. The molecule has 1 aromatic carbocycles. The number of aliphatic hydroxyl groups is 1. The molecule has 3 rings (SSSR count). The molecule has 0 radical (unpaired) electrons. The largest absolute Gasteiger partial charge is 0.385 e. The Morgan fingerprint density at radius 3 is 2.75 bits per heavy atom. The van der Waals surface area contributed by atoms with E-state index in [0.717, 1.165) is 44.8 Å². The Labute approximate surface area is 147 Å². The van der Waals surface area contributed by atoms with Crippen molar-refractivity contribution in [1.82, 2.24) is 0 Å². The monoisotopic (exact) mass is 332 g/mol. The zero-order valence-corrected chi connectivity index (χ0v) is 15.6. The van der Waals surface area contributed by atoms with Gasteiger partial charge in [-0.05, 0) is 36.2 Å². The van der Waals surface area contributed by atoms with Gasteiger partial charge in [0.1, 0.15) is 19.2 Å². The molecule has 1 unspecified atom stereocenters. The molecule has 1 heterocycles. The van der Waals surface area contributed by atoms with E-state index in [1.165, 1.54) is 22.4 Å². The van der Waals surface area contributed by atoms with Crippen LogP contribution in [0.1, 0.15) is 51.2 Å². The van der Waals surface area contributed by atoms with Crippen LogP contribution in [-0.2, 0) is 17.7 Å². The second kappa shape index (κ2) is 7.55. The van der Waals surface area contributed by atoms with Crippen molar-refractivity contribution in [2.45, 2.75) is 65.2 Å². The minimum Gasteiger partial charge on any atom is -0.385 e. The van der Waals surface area contributed by atoms with Gasteiger partial charge in [0.25, 0.3) is 0 Å². The summed E-state index contributed by atoms with van der Waals surface area (Å²) < 4.78 is 6.10. The highest BCUT2D eigenvalue weighted by atomic mass is 16.5. The third-order valence-corrected chi connectivity index (χ3v) is 5.70. The number of nitrogens with one attached hydrogen (secondary N) is 1. The maximum atomic E-state index is 10.4. The smallest absolute Gasteiger partial charge is 0.126 e. The van der Waals surface area contributed by atoms with Crippen LogP contribution in [-0.4, -0.2) is 37.0 Å². The molecule has 4 atom stereocenters. The van der Waals surface area contributed by atoms with E-state index in [1.54, 1.807) is 0 Å². The molecular formula is C21H34NO2+. The number of benzene rings is 1. The molecule has 0 bridgehead atoms. The Morgan fingerprint density at radius 1 is 1.25 bits per heavy atom. The van der Waals surface area contributed by atoms with Crippen molar-refractivity contribution in [3.63, 3.8) is 0 Å². The van der Waals surface area contributed by atoms with E-state index >= 15 is 0 Å². The van der Waals surface area contributed by atoms with E-state index in [9.17, 15) is 5.11 Å². The van der Waals surface area contributed by atoms with Crippen molar-refractivity contribution in [2.24, 2.45) is 11.3 Å². The predicted molar refractivity (Wildman–Crippen MR) is 97.1 cm³/mol. The van der Waals surface area contributed by atoms with Gasteiger partial charge in [-0.2, -0.15) is 0 Å². The lowest BCUT2D eigenvalue weighted by atomic mass is 9.71. The minimum atomic E-state index is -0.356. The van der Waals surface area contributed by atoms with Crippen LogP contribution in [0.15, 0.2) is 24.3 Å². The quantitative estimate of drug-likeness (QED) is 0.867. The van der Waals surface area contributed by atoms with Crippen molar-refractivity contribution in [1.29, 1.82) is 0 Å². The summed E-state index contributed by atoms with van der Waals surface area (Å²) >= 11 is 0. The summed E-state index contributed by atoms with van der Waals surface area (Å²) in [6, 6.07) is 8.70. The van der Waals surface area contributed by atoms with Gasteiger partial charge in [-0.3, -0.25) is 0 Å². The van der Waals surface area contributed by atoms with Gasteiger partial charge in [0.15, 0.2) is 0 Å². The van der Waals surface area contributed by atoms with E-state index < -0.39 is 0 Å². The molecule has 1 fully saturated rings. The van der Waals surface area contributed by atoms with E-state index in [2.05, 4.69) is 45.0 Å². The summed E-state index contributed by atoms with van der Waals surface area (Å²) in [4.78, 5) is 1.47. The zero-order chi connectivity index (χ0) is 17.2. The van der Waals surface area contributed by atoms with Gasteiger partial charge in [0, 0.05) is 12.0 Å². The Bertz CT molecular complexity index is 542. The number of hydrogen-bond acceptors (Lipinski definition) is 2. The fraction of sp³-hybridized carbons (Fsp3) is 0.714. The molecule has 3 nitrogen and oxygen atoms in total. The Kier molecular flexibility index (Phi) is 5.63. The van der Waals surface area contributed by atoms with Crippen LogP contribution in [0.5, 0.6) is 0 Å². The minimum absolute atomic E-state index is 0.315. The van der Waals surface area contributed by atoms with Gasteiger partial charge in [-0.1, -0.05) is 45.0 Å². The van der Waals surface area contributed by atoms with Crippen LogP contribution in [0.2, 0.25) is 0 Å². The summed E-state index contributed by atoms with van der Waals surface area (Å²) in [5, 5.41) is 10.4. The number of aliphatic hydroxyl groups excluding tert-OH is 1. The lowest BCUT2D eigenvalue weighted by Crippen LogP contribution is -3.13. The Morgan fingerprint density at radius 2 is 2.00 bits per heavy atom. The lowest BCUT2D eigenvalue weighted by Gasteiger charge is -2.39. The van der Waals surface area contributed by atoms with E-state index in [1.807, 2.05) is 0 Å². The van der Waals surface area contributed by atoms with Crippen molar-refractivity contribution >= 4 is 0 Å². The molecule has 0 aromatic heterocycles. The fourth-order valence-electron chi connectivity index (χ4n) is 4.84. The normalized spacial score (nSPS) is 30.6. The third-order valence-electron chi connectivity index (χ3n) is 5.70. The van der Waals surface area contributed by atoms with Crippen LogP contribution in [0.4, 0.5) is 0 Å². The molecule has 0 spiro atoms. The highest BCUT2D eigenvalue weighted by Gasteiger charge is 2.33. The summed E-state index contributed by atoms with van der Waals surface area (Å²) in [5.41, 5.74) is 3.29. The number of rotatable bonds is 5. The predicted octanol–water partition coefficient (Wildman–Crippen LogP) is 2.22. The molecule has 0 amide bonds. The molecule has 2 aliphatic rings. The van der Waals surface area contributed by atoms with E-state index in [0.29, 0.717) is 18.1 Å². The topological polar surface area (TPSA) is 33.9 Å². The standard InChI is InChI=1S/C21H33NO2/c1-16-10-20(12-21(2,3)11-16)24-15-19(23)14-22-9-8-17-6-4-5-7-18(17)13-22/h4-7,16,19-20,23H,8-15H2,1-3H3/p+1/t16-,19+,20-/m0/s1. The summed E-state index contributed by atoms with van der Waals surface area (Å²) in [5.74, 6) is 0.722. The molecule has 134 valence electrons. The molecule has 1 aromatic rings. The maximum absolute atomic E-state index is 10.4. The van der Waals surface area contributed by atoms with Crippen molar-refractivity contribution in [2.75, 3.05) is 19.7 Å². The van der Waals surface area contributed by atoms with Crippen LogP contribution >= 0.6 is 0 Å². The van der Waals surface area contributed by atoms with Gasteiger partial charge in [0.05, 0.1) is 19.3 Å². The summed E-state index contributed by atoms with van der Waals surface area (Å²) in [7, 11) is 0. The van der Waals surface area contributed by atoms with Gasteiger partial charge in [-0.15, -0.1) is 0 Å².